The van der Waals surface area contributed by atoms with Crippen LogP contribution >= 0.6 is 0 Å². The van der Waals surface area contributed by atoms with Crippen molar-refractivity contribution in [2.75, 3.05) is 25.0 Å². The van der Waals surface area contributed by atoms with Gasteiger partial charge in [0.2, 0.25) is 0 Å². The minimum absolute atomic E-state index is 0.329. The van der Waals surface area contributed by atoms with Gasteiger partial charge in [0, 0.05) is 25.4 Å². The Labute approximate surface area is 195 Å². The van der Waals surface area contributed by atoms with E-state index in [2.05, 4.69) is 39.5 Å². The van der Waals surface area contributed by atoms with Crippen LogP contribution in [0.3, 0.4) is 0 Å². The molecule has 2 heterocycles. The van der Waals surface area contributed by atoms with Gasteiger partial charge in [0.1, 0.15) is 11.4 Å². The number of carbonyl (C=O) groups excluding carboxylic acids is 2. The van der Waals surface area contributed by atoms with E-state index in [0.29, 0.717) is 18.3 Å². The molecule has 7 nitrogen and oxygen atoms in total. The number of aromatic nitrogens is 1. The largest absolute Gasteiger partial charge is 0.463 e. The summed E-state index contributed by atoms with van der Waals surface area (Å²) in [5, 5.41) is 2.68. The van der Waals surface area contributed by atoms with E-state index in [4.69, 9.17) is 9.47 Å². The Morgan fingerprint density at radius 2 is 2.00 bits per heavy atom. The molecule has 1 saturated heterocycles. The standard InChI is InChI=1S/C26H33N3O4/c1-4-32-24(30)13-11-20-10-12-23(27-17-20)28-25(31)33-26(2,3)16-22-14-15-29(19-22)18-21-8-6-5-7-9-21/h5-13,17,22H,4,14-16,18-19H2,1-3H3,(H,27,28,31)/t22-/m1/s1. The topological polar surface area (TPSA) is 80.8 Å². The Morgan fingerprint density at radius 1 is 1.21 bits per heavy atom. The van der Waals surface area contributed by atoms with Crippen molar-refractivity contribution in [3.63, 3.8) is 0 Å². The maximum atomic E-state index is 12.4. The molecule has 1 aromatic carbocycles. The van der Waals surface area contributed by atoms with E-state index in [1.165, 1.54) is 11.6 Å². The number of likely N-dealkylation sites (tertiary alicyclic amines) is 1. The monoisotopic (exact) mass is 451 g/mol. The molecular weight excluding hydrogens is 418 g/mol. The fourth-order valence-corrected chi connectivity index (χ4v) is 4.12. The fourth-order valence-electron chi connectivity index (χ4n) is 4.12. The Balaban J connectivity index is 1.44. The lowest BCUT2D eigenvalue weighted by Gasteiger charge is -2.28. The molecule has 3 rings (SSSR count). The van der Waals surface area contributed by atoms with Crippen molar-refractivity contribution in [3.8, 4) is 0 Å². The van der Waals surface area contributed by atoms with Gasteiger partial charge in [-0.15, -0.1) is 0 Å². The first-order chi connectivity index (χ1) is 15.8. The summed E-state index contributed by atoms with van der Waals surface area (Å²) in [6, 6.07) is 13.9. The maximum absolute atomic E-state index is 12.4. The first-order valence-corrected chi connectivity index (χ1v) is 11.4. The number of pyridine rings is 1. The van der Waals surface area contributed by atoms with Crippen LogP contribution in [0.15, 0.2) is 54.7 Å². The molecule has 1 fully saturated rings. The highest BCUT2D eigenvalue weighted by Crippen LogP contribution is 2.29. The van der Waals surface area contributed by atoms with Crippen molar-refractivity contribution in [2.24, 2.45) is 5.92 Å². The number of hydrogen-bond donors (Lipinski definition) is 1. The van der Waals surface area contributed by atoms with Crippen LogP contribution in [-0.2, 0) is 20.8 Å². The van der Waals surface area contributed by atoms with E-state index >= 15 is 0 Å². The van der Waals surface area contributed by atoms with E-state index in [0.717, 1.165) is 38.0 Å². The molecule has 0 bridgehead atoms. The van der Waals surface area contributed by atoms with Gasteiger partial charge in [0.25, 0.3) is 0 Å². The van der Waals surface area contributed by atoms with Crippen LogP contribution in [-0.4, -0.2) is 47.2 Å². The lowest BCUT2D eigenvalue weighted by molar-refractivity contribution is -0.137. The van der Waals surface area contributed by atoms with Crippen molar-refractivity contribution >= 4 is 24.0 Å². The second-order valence-electron chi connectivity index (χ2n) is 8.92. The minimum Gasteiger partial charge on any atom is -0.463 e. The average molecular weight is 452 g/mol. The second-order valence-corrected chi connectivity index (χ2v) is 8.92. The zero-order chi connectivity index (χ0) is 23.7. The number of rotatable bonds is 9. The van der Waals surface area contributed by atoms with E-state index in [9.17, 15) is 9.59 Å². The molecule has 176 valence electrons. The van der Waals surface area contributed by atoms with Crippen LogP contribution in [0.25, 0.3) is 6.08 Å². The highest BCUT2D eigenvalue weighted by atomic mass is 16.6. The molecule has 1 N–H and O–H groups in total. The third-order valence-corrected chi connectivity index (χ3v) is 5.48. The molecule has 1 aliphatic rings. The zero-order valence-electron chi connectivity index (χ0n) is 19.6. The molecule has 7 heteroatoms. The summed E-state index contributed by atoms with van der Waals surface area (Å²) < 4.78 is 10.6. The summed E-state index contributed by atoms with van der Waals surface area (Å²) in [5.41, 5.74) is 1.46. The van der Waals surface area contributed by atoms with Gasteiger partial charge in [-0.3, -0.25) is 10.2 Å². The Morgan fingerprint density at radius 3 is 2.70 bits per heavy atom. The van der Waals surface area contributed by atoms with Gasteiger partial charge < -0.3 is 9.47 Å². The smallest absolute Gasteiger partial charge is 0.413 e. The van der Waals surface area contributed by atoms with Gasteiger partial charge in [-0.05, 0) is 75.4 Å². The molecule has 0 spiro atoms. The van der Waals surface area contributed by atoms with Crippen LogP contribution in [0.1, 0.15) is 44.7 Å². The van der Waals surface area contributed by atoms with Crippen LogP contribution < -0.4 is 5.32 Å². The van der Waals surface area contributed by atoms with Crippen molar-refractivity contribution in [3.05, 3.63) is 65.9 Å². The fraction of sp³-hybridized carbons (Fsp3) is 0.423. The summed E-state index contributed by atoms with van der Waals surface area (Å²) in [6.07, 6.45) is 5.89. The van der Waals surface area contributed by atoms with Crippen LogP contribution in [0.5, 0.6) is 0 Å². The minimum atomic E-state index is -0.584. The number of hydrogen-bond acceptors (Lipinski definition) is 6. The Kier molecular flexibility index (Phi) is 8.60. The summed E-state index contributed by atoms with van der Waals surface area (Å²) in [4.78, 5) is 30.5. The molecule has 1 atom stereocenters. The predicted octanol–water partition coefficient (Wildman–Crippen LogP) is 4.90. The summed E-state index contributed by atoms with van der Waals surface area (Å²) in [7, 11) is 0. The third-order valence-electron chi connectivity index (χ3n) is 5.48. The molecule has 1 amide bonds. The van der Waals surface area contributed by atoms with E-state index in [1.807, 2.05) is 19.9 Å². The molecule has 0 saturated carbocycles. The number of benzene rings is 1. The summed E-state index contributed by atoms with van der Waals surface area (Å²) in [6.45, 7) is 8.99. The van der Waals surface area contributed by atoms with Gasteiger partial charge in [0.05, 0.1) is 6.61 Å². The van der Waals surface area contributed by atoms with Crippen molar-refractivity contribution in [1.29, 1.82) is 0 Å². The molecule has 0 aliphatic carbocycles. The number of esters is 1. The summed E-state index contributed by atoms with van der Waals surface area (Å²) in [5.74, 6) is 0.468. The van der Waals surface area contributed by atoms with E-state index in [1.54, 1.807) is 31.3 Å². The lowest BCUT2D eigenvalue weighted by atomic mass is 9.93. The van der Waals surface area contributed by atoms with Crippen molar-refractivity contribution in [2.45, 2.75) is 45.8 Å². The predicted molar refractivity (Wildman–Crippen MR) is 129 cm³/mol. The van der Waals surface area contributed by atoms with Crippen LogP contribution in [0, 0.1) is 5.92 Å². The SMILES string of the molecule is CCOC(=O)C=Cc1ccc(NC(=O)OC(C)(C)C[C@H]2CCN(Cc3ccccc3)C2)nc1. The van der Waals surface area contributed by atoms with Gasteiger partial charge in [-0.1, -0.05) is 30.3 Å². The number of anilines is 1. The number of carbonyl (C=O) groups is 2. The average Bonchev–Trinajstić information content (AvgIpc) is 3.19. The van der Waals surface area contributed by atoms with Gasteiger partial charge in [0.15, 0.2) is 0 Å². The molecule has 0 radical (unpaired) electrons. The van der Waals surface area contributed by atoms with E-state index < -0.39 is 17.7 Å². The van der Waals surface area contributed by atoms with Gasteiger partial charge in [-0.25, -0.2) is 14.6 Å². The van der Waals surface area contributed by atoms with Gasteiger partial charge >= 0.3 is 12.1 Å². The molecule has 1 aliphatic heterocycles. The molecule has 1 aromatic heterocycles. The quantitative estimate of drug-likeness (QED) is 0.432. The molecule has 0 unspecified atom stereocenters. The third kappa shape index (κ3) is 8.35. The van der Waals surface area contributed by atoms with Crippen molar-refractivity contribution in [1.82, 2.24) is 9.88 Å². The second kappa shape index (κ2) is 11.6. The Hall–Kier alpha value is -3.19. The van der Waals surface area contributed by atoms with Crippen LogP contribution in [0.4, 0.5) is 10.6 Å². The molecule has 2 aromatic rings. The first-order valence-electron chi connectivity index (χ1n) is 11.4. The van der Waals surface area contributed by atoms with Crippen molar-refractivity contribution < 1.29 is 19.1 Å². The first kappa shape index (κ1) is 24.5. The number of nitrogens with zero attached hydrogens (tertiary/aromatic N) is 2. The molecular formula is C26H33N3O4. The highest BCUT2D eigenvalue weighted by molar-refractivity contribution is 5.87. The summed E-state index contributed by atoms with van der Waals surface area (Å²) >= 11 is 0. The lowest BCUT2D eigenvalue weighted by Crippen LogP contribution is -2.33. The zero-order valence-corrected chi connectivity index (χ0v) is 19.6. The number of amides is 1. The normalized spacial score (nSPS) is 16.6. The maximum Gasteiger partial charge on any atom is 0.413 e. The highest BCUT2D eigenvalue weighted by Gasteiger charge is 2.31. The van der Waals surface area contributed by atoms with E-state index in [-0.39, 0.29) is 0 Å². The van der Waals surface area contributed by atoms with Gasteiger partial charge in [-0.2, -0.15) is 0 Å². The van der Waals surface area contributed by atoms with Crippen LogP contribution in [0.2, 0.25) is 0 Å². The Bertz CT molecular complexity index is 942. The number of nitrogens with one attached hydrogen (secondary N) is 1. The number of ether oxygens (including phenoxy) is 2. The molecule has 33 heavy (non-hydrogen) atoms.